The van der Waals surface area contributed by atoms with Crippen molar-refractivity contribution in [3.8, 4) is 11.5 Å². The molecule has 192 valence electrons. The topological polar surface area (TPSA) is 129 Å². The van der Waals surface area contributed by atoms with Gasteiger partial charge in [-0.05, 0) is 78.0 Å². The molecule has 0 unspecified atom stereocenters. The number of amides is 2. The third kappa shape index (κ3) is 6.28. The second-order valence-electron chi connectivity index (χ2n) is 9.49. The number of rotatable bonds is 11. The summed E-state index contributed by atoms with van der Waals surface area (Å²) in [6.45, 7) is 0.332. The molecule has 35 heavy (non-hydrogen) atoms. The smallest absolute Gasteiger partial charge is 0.247 e. The van der Waals surface area contributed by atoms with E-state index in [2.05, 4.69) is 27.9 Å². The lowest BCUT2D eigenvalue weighted by Crippen LogP contribution is -2.56. The van der Waals surface area contributed by atoms with Gasteiger partial charge in [0.25, 0.3) is 0 Å². The Bertz CT molecular complexity index is 977. The highest BCUT2D eigenvalue weighted by Gasteiger charge is 2.45. The Morgan fingerprint density at radius 1 is 1.20 bits per heavy atom. The van der Waals surface area contributed by atoms with Gasteiger partial charge in [0, 0.05) is 31.0 Å². The molecule has 1 aromatic carbocycles. The number of hydrogen-bond acceptors (Lipinski definition) is 7. The van der Waals surface area contributed by atoms with E-state index in [0.29, 0.717) is 38.7 Å². The molecular formula is C25H33IN2O7. The van der Waals surface area contributed by atoms with Gasteiger partial charge in [-0.2, -0.15) is 0 Å². The van der Waals surface area contributed by atoms with Crippen molar-refractivity contribution in [3.05, 3.63) is 32.9 Å². The maximum absolute atomic E-state index is 13.2. The first-order valence-corrected chi connectivity index (χ1v) is 13.2. The molecule has 10 heteroatoms. The van der Waals surface area contributed by atoms with E-state index in [1.807, 2.05) is 0 Å². The molecule has 4 N–H and O–H groups in total. The van der Waals surface area contributed by atoms with Gasteiger partial charge in [0.05, 0.1) is 29.9 Å². The quantitative estimate of drug-likeness (QED) is 0.283. The first-order valence-electron chi connectivity index (χ1n) is 12.1. The number of carbonyl (C=O) groups excluding carboxylic acids is 2. The number of nitrogens with one attached hydrogen (secondary N) is 1. The highest BCUT2D eigenvalue weighted by Crippen LogP contribution is 2.40. The van der Waals surface area contributed by atoms with Gasteiger partial charge in [0.2, 0.25) is 11.8 Å². The molecule has 0 bridgehead atoms. The van der Waals surface area contributed by atoms with Gasteiger partial charge in [-0.3, -0.25) is 9.59 Å². The number of halogens is 1. The van der Waals surface area contributed by atoms with E-state index < -0.39 is 18.2 Å². The van der Waals surface area contributed by atoms with Crippen molar-refractivity contribution >= 4 is 34.4 Å². The van der Waals surface area contributed by atoms with Crippen molar-refractivity contribution in [2.75, 3.05) is 26.8 Å². The van der Waals surface area contributed by atoms with Crippen molar-refractivity contribution in [1.82, 2.24) is 10.2 Å². The molecule has 2 saturated carbocycles. The number of nitrogens with zero attached hydrogens (tertiary/aromatic N) is 1. The van der Waals surface area contributed by atoms with Gasteiger partial charge >= 0.3 is 0 Å². The van der Waals surface area contributed by atoms with Crippen LogP contribution in [0.5, 0.6) is 11.5 Å². The summed E-state index contributed by atoms with van der Waals surface area (Å²) in [6, 6.07) is 2.83. The fraction of sp³-hybridized carbons (Fsp3) is 0.600. The van der Waals surface area contributed by atoms with E-state index >= 15 is 0 Å². The van der Waals surface area contributed by atoms with Gasteiger partial charge in [-0.15, -0.1) is 0 Å². The standard InChI is InChI=1S/C25H33IN2O7/c1-34-21-9-15(13-30)8-18(26)23(21)35-20-11-17(24(32)27-6-7-29)10-19(22(20)31)28(12-14-2-3-14)25(33)16-4-5-16/h8-9,11,14,16,19-20,22,29-31H,2-7,10,12-13H2,1H3,(H,27,32)/t19-,20+,22+/m1/s1. The van der Waals surface area contributed by atoms with Gasteiger partial charge in [-0.25, -0.2) is 0 Å². The van der Waals surface area contributed by atoms with E-state index in [-0.39, 0.29) is 43.9 Å². The number of aliphatic hydroxyl groups excluding tert-OH is 3. The first kappa shape index (κ1) is 26.2. The molecular weight excluding hydrogens is 567 g/mol. The number of methoxy groups -OCH3 is 1. The summed E-state index contributed by atoms with van der Waals surface area (Å²) in [5.41, 5.74) is 1.06. The average Bonchev–Trinajstić information content (AvgIpc) is 3.77. The zero-order valence-electron chi connectivity index (χ0n) is 19.8. The minimum atomic E-state index is -1.05. The van der Waals surface area contributed by atoms with Crippen LogP contribution in [0.4, 0.5) is 0 Å². The van der Waals surface area contributed by atoms with Crippen LogP contribution in [0.3, 0.4) is 0 Å². The largest absolute Gasteiger partial charge is 0.493 e. The van der Waals surface area contributed by atoms with Gasteiger partial charge in [0.15, 0.2) is 11.5 Å². The Balaban J connectivity index is 1.66. The minimum absolute atomic E-state index is 0.00930. The van der Waals surface area contributed by atoms with E-state index in [0.717, 1.165) is 25.7 Å². The van der Waals surface area contributed by atoms with Crippen molar-refractivity contribution in [3.63, 3.8) is 0 Å². The van der Waals surface area contributed by atoms with Crippen LogP contribution in [0.1, 0.15) is 37.7 Å². The predicted octanol–water partition coefficient (Wildman–Crippen LogP) is 1.36. The lowest BCUT2D eigenvalue weighted by atomic mass is 9.87. The number of hydrogen-bond donors (Lipinski definition) is 4. The average molecular weight is 600 g/mol. The normalized spacial score (nSPS) is 23.9. The van der Waals surface area contributed by atoms with Crippen molar-refractivity contribution in [2.24, 2.45) is 11.8 Å². The van der Waals surface area contributed by atoms with Crippen LogP contribution < -0.4 is 14.8 Å². The number of ether oxygens (including phenoxy) is 2. The molecule has 2 amide bonds. The fourth-order valence-corrected chi connectivity index (χ4v) is 5.22. The zero-order valence-corrected chi connectivity index (χ0v) is 21.9. The Labute approximate surface area is 218 Å². The van der Waals surface area contributed by atoms with Crippen LogP contribution in [-0.2, 0) is 16.2 Å². The minimum Gasteiger partial charge on any atom is -0.493 e. The summed E-state index contributed by atoms with van der Waals surface area (Å²) in [7, 11) is 1.49. The summed E-state index contributed by atoms with van der Waals surface area (Å²) in [5, 5.41) is 32.8. The summed E-state index contributed by atoms with van der Waals surface area (Å²) in [5.74, 6) is 0.893. The van der Waals surface area contributed by atoms with E-state index in [9.17, 15) is 19.8 Å². The molecule has 2 fully saturated rings. The molecule has 1 aromatic rings. The second kappa shape index (κ2) is 11.4. The van der Waals surface area contributed by atoms with Gasteiger partial charge in [-0.1, -0.05) is 0 Å². The van der Waals surface area contributed by atoms with Crippen LogP contribution in [0.15, 0.2) is 23.8 Å². The Hall–Kier alpha value is -1.89. The van der Waals surface area contributed by atoms with E-state index in [1.54, 1.807) is 23.1 Å². The third-order valence-corrected chi connectivity index (χ3v) is 7.50. The molecule has 0 spiro atoms. The van der Waals surface area contributed by atoms with Crippen LogP contribution in [0.25, 0.3) is 0 Å². The Kier molecular flexibility index (Phi) is 8.56. The maximum atomic E-state index is 13.2. The molecule has 3 aliphatic rings. The molecule has 4 rings (SSSR count). The molecule has 0 heterocycles. The van der Waals surface area contributed by atoms with Crippen LogP contribution in [0, 0.1) is 15.4 Å². The lowest BCUT2D eigenvalue weighted by molar-refractivity contribution is -0.140. The molecule has 3 aliphatic carbocycles. The molecule has 0 radical (unpaired) electrons. The lowest BCUT2D eigenvalue weighted by Gasteiger charge is -2.41. The molecule has 9 nitrogen and oxygen atoms in total. The monoisotopic (exact) mass is 600 g/mol. The van der Waals surface area contributed by atoms with Crippen LogP contribution in [-0.4, -0.2) is 77.1 Å². The number of aliphatic hydroxyl groups is 3. The summed E-state index contributed by atoms with van der Waals surface area (Å²) in [6.07, 6.45) is 3.68. The van der Waals surface area contributed by atoms with E-state index in [1.165, 1.54) is 7.11 Å². The highest BCUT2D eigenvalue weighted by molar-refractivity contribution is 14.1. The molecule has 3 atom stereocenters. The summed E-state index contributed by atoms with van der Waals surface area (Å²) in [4.78, 5) is 27.9. The van der Waals surface area contributed by atoms with Gasteiger partial charge in [0.1, 0.15) is 12.2 Å². The molecule has 0 aliphatic heterocycles. The molecule has 0 saturated heterocycles. The summed E-state index contributed by atoms with van der Waals surface area (Å²) >= 11 is 2.08. The molecule has 0 aromatic heterocycles. The fourth-order valence-electron chi connectivity index (χ4n) is 4.43. The van der Waals surface area contributed by atoms with Crippen LogP contribution >= 0.6 is 22.6 Å². The SMILES string of the molecule is COc1cc(CO)cc(I)c1O[C@H]1C=C(C(=O)NCCO)C[C@@H](N(CC2CC2)C(=O)C2CC2)[C@@H]1O. The third-order valence-electron chi connectivity index (χ3n) is 6.70. The van der Waals surface area contributed by atoms with E-state index in [4.69, 9.17) is 14.6 Å². The highest BCUT2D eigenvalue weighted by atomic mass is 127. The van der Waals surface area contributed by atoms with Crippen LogP contribution in [0.2, 0.25) is 0 Å². The second-order valence-corrected chi connectivity index (χ2v) is 10.7. The Morgan fingerprint density at radius 3 is 2.54 bits per heavy atom. The number of carbonyl (C=O) groups is 2. The Morgan fingerprint density at radius 2 is 1.94 bits per heavy atom. The summed E-state index contributed by atoms with van der Waals surface area (Å²) < 4.78 is 12.4. The van der Waals surface area contributed by atoms with Crippen molar-refractivity contribution in [1.29, 1.82) is 0 Å². The number of benzene rings is 1. The van der Waals surface area contributed by atoms with Crippen molar-refractivity contribution in [2.45, 2.75) is 57.0 Å². The van der Waals surface area contributed by atoms with Gasteiger partial charge < -0.3 is 35.0 Å². The predicted molar refractivity (Wildman–Crippen MR) is 136 cm³/mol. The maximum Gasteiger partial charge on any atom is 0.247 e. The van der Waals surface area contributed by atoms with Crippen molar-refractivity contribution < 1.29 is 34.4 Å². The first-order chi connectivity index (χ1) is 16.9. The zero-order chi connectivity index (χ0) is 25.1.